The van der Waals surface area contributed by atoms with Gasteiger partial charge >= 0.3 is 0 Å². The molecule has 5 heteroatoms. The zero-order chi connectivity index (χ0) is 47.1. The van der Waals surface area contributed by atoms with E-state index in [2.05, 4.69) is 197 Å². The van der Waals surface area contributed by atoms with E-state index >= 15 is 0 Å². The molecule has 0 saturated heterocycles. The van der Waals surface area contributed by atoms with Crippen molar-refractivity contribution >= 4 is 74.1 Å². The van der Waals surface area contributed by atoms with Crippen molar-refractivity contribution in [3.8, 4) is 0 Å². The van der Waals surface area contributed by atoms with Gasteiger partial charge in [-0.25, -0.2) is 0 Å². The Morgan fingerprint density at radius 2 is 1.12 bits per heavy atom. The summed E-state index contributed by atoms with van der Waals surface area (Å²) >= 11 is 0. The predicted molar refractivity (Wildman–Crippen MR) is 287 cm³/mol. The Morgan fingerprint density at radius 3 is 1.76 bits per heavy atom. The summed E-state index contributed by atoms with van der Waals surface area (Å²) < 4.78 is 7.50. The third kappa shape index (κ3) is 5.61. The van der Waals surface area contributed by atoms with Crippen LogP contribution in [0.3, 0.4) is 0 Å². The SMILES string of the molecule is CC(C)c1ccc2c(c1)C1(C)CCCCC1(C)N2c1cc2c3c(c1)N1c4c(cc(C(C)C)cc4C4(C)CCCCC14C)B3c1oc3ccc(C(C)(C)C)cc3c1N2c1ccc(C(C)(C)C)cc1. The molecule has 4 atom stereocenters. The maximum absolute atomic E-state index is 7.50. The molecule has 4 aliphatic heterocycles. The number of hydrogen-bond acceptors (Lipinski definition) is 4. The normalized spacial score (nSPS) is 26.0. The second-order valence-corrected chi connectivity index (χ2v) is 25.6. The minimum absolute atomic E-state index is 0.00117. The van der Waals surface area contributed by atoms with E-state index in [1.54, 1.807) is 11.1 Å². The Morgan fingerprint density at radius 1 is 0.537 bits per heavy atom. The zero-order valence-electron chi connectivity index (χ0n) is 43.2. The Balaban J connectivity index is 1.23. The molecule has 5 heterocycles. The highest BCUT2D eigenvalue weighted by Crippen LogP contribution is 2.65. The van der Waals surface area contributed by atoms with Crippen LogP contribution in [0.15, 0.2) is 89.3 Å². The first-order valence-corrected chi connectivity index (χ1v) is 26.2. The first-order valence-electron chi connectivity index (χ1n) is 26.2. The molecule has 0 N–H and O–H groups in total. The molecular weight excluding hydrogens is 814 g/mol. The maximum atomic E-state index is 7.50. The van der Waals surface area contributed by atoms with E-state index in [4.69, 9.17) is 4.42 Å². The van der Waals surface area contributed by atoms with Gasteiger partial charge in [0.05, 0.1) is 22.4 Å². The molecule has 67 heavy (non-hydrogen) atoms. The molecule has 5 aromatic carbocycles. The molecule has 2 saturated carbocycles. The minimum Gasteiger partial charge on any atom is -0.468 e. The highest BCUT2D eigenvalue weighted by atomic mass is 16.3. The third-order valence-electron chi connectivity index (χ3n) is 19.2. The van der Waals surface area contributed by atoms with Crippen LogP contribution < -0.4 is 31.3 Å². The quantitative estimate of drug-likeness (QED) is 0.164. The number of nitrogens with zero attached hydrogens (tertiary/aromatic N) is 3. The lowest BCUT2D eigenvalue weighted by Crippen LogP contribution is -2.64. The first kappa shape index (κ1) is 43.4. The van der Waals surface area contributed by atoms with Gasteiger partial charge in [0.15, 0.2) is 0 Å². The van der Waals surface area contributed by atoms with Crippen molar-refractivity contribution in [1.82, 2.24) is 0 Å². The molecule has 2 aliphatic carbocycles. The topological polar surface area (TPSA) is 22.9 Å². The van der Waals surface area contributed by atoms with E-state index in [0.29, 0.717) is 11.8 Å². The molecule has 12 rings (SSSR count). The van der Waals surface area contributed by atoms with Gasteiger partial charge in [-0.15, -0.1) is 0 Å². The largest absolute Gasteiger partial charge is 0.468 e. The van der Waals surface area contributed by atoms with E-state index in [1.165, 1.54) is 130 Å². The highest BCUT2D eigenvalue weighted by molar-refractivity contribution is 7.00. The minimum atomic E-state index is -0.0947. The van der Waals surface area contributed by atoms with Crippen LogP contribution in [0.4, 0.5) is 39.8 Å². The summed E-state index contributed by atoms with van der Waals surface area (Å²) in [5, 5.41) is 1.20. The molecule has 0 bridgehead atoms. The summed E-state index contributed by atoms with van der Waals surface area (Å²) in [4.78, 5) is 8.43. The average Bonchev–Trinajstić information content (AvgIpc) is 3.83. The molecule has 0 spiro atoms. The monoisotopic (exact) mass is 888 g/mol. The van der Waals surface area contributed by atoms with Gasteiger partial charge < -0.3 is 19.1 Å². The number of hydrogen-bond donors (Lipinski definition) is 0. The van der Waals surface area contributed by atoms with Crippen molar-refractivity contribution in [1.29, 1.82) is 0 Å². The molecule has 4 unspecified atom stereocenters. The van der Waals surface area contributed by atoms with Crippen molar-refractivity contribution in [3.63, 3.8) is 0 Å². The Bertz CT molecular complexity index is 3050. The van der Waals surface area contributed by atoms with Gasteiger partial charge in [0, 0.05) is 50.3 Å². The molecule has 1 aromatic heterocycles. The Hall–Kier alpha value is -4.90. The van der Waals surface area contributed by atoms with Crippen LogP contribution in [0, 0.1) is 0 Å². The van der Waals surface area contributed by atoms with E-state index in [0.717, 1.165) is 11.2 Å². The van der Waals surface area contributed by atoms with Gasteiger partial charge in [0.1, 0.15) is 5.58 Å². The number of rotatable bonds is 4. The van der Waals surface area contributed by atoms with Crippen molar-refractivity contribution in [3.05, 3.63) is 118 Å². The highest BCUT2D eigenvalue weighted by Gasteiger charge is 2.63. The zero-order valence-corrected chi connectivity index (χ0v) is 43.2. The van der Waals surface area contributed by atoms with Gasteiger partial charge in [-0.1, -0.05) is 151 Å². The van der Waals surface area contributed by atoms with Crippen LogP contribution in [-0.4, -0.2) is 17.8 Å². The van der Waals surface area contributed by atoms with Gasteiger partial charge in [0.25, 0.3) is 6.71 Å². The van der Waals surface area contributed by atoms with Gasteiger partial charge in [-0.05, 0) is 149 Å². The predicted octanol–water partition coefficient (Wildman–Crippen LogP) is 15.4. The van der Waals surface area contributed by atoms with Crippen LogP contribution in [-0.2, 0) is 21.7 Å². The molecule has 346 valence electrons. The van der Waals surface area contributed by atoms with Gasteiger partial charge in [-0.2, -0.15) is 0 Å². The van der Waals surface area contributed by atoms with E-state index in [-0.39, 0.29) is 39.5 Å². The van der Waals surface area contributed by atoms with Crippen LogP contribution in [0.2, 0.25) is 0 Å². The van der Waals surface area contributed by atoms with Crippen molar-refractivity contribution in [2.24, 2.45) is 0 Å². The summed E-state index contributed by atoms with van der Waals surface area (Å²) in [6.07, 6.45) is 9.78. The van der Waals surface area contributed by atoms with E-state index in [1.807, 2.05) is 0 Å². The number of benzene rings is 5. The van der Waals surface area contributed by atoms with Crippen LogP contribution in [0.25, 0.3) is 11.0 Å². The third-order valence-corrected chi connectivity index (χ3v) is 19.2. The number of fused-ring (bicyclic) bond motifs is 12. The van der Waals surface area contributed by atoms with Crippen molar-refractivity contribution in [2.45, 2.75) is 193 Å². The van der Waals surface area contributed by atoms with Crippen molar-refractivity contribution < 1.29 is 4.42 Å². The standard InChI is InChI=1S/C62H74BN3O/c1-37(2)39-19-25-49-46(31-39)59(11)27-15-17-29-61(59,13)65(49)44-35-50-53-51(36-44)66-55-47(60(12)28-16-18-30-62(60,66)14)32-40(38(3)4)33-48(55)63(53)56-54(45-34-42(58(8,9)10)22-26-52(45)67-56)64(50)43-23-20-41(21-24-43)57(5,6)7/h19-26,31-38H,15-18,27-30H2,1-14H3. The summed E-state index contributed by atoms with van der Waals surface area (Å²) in [7, 11) is 0. The molecule has 0 radical (unpaired) electrons. The fourth-order valence-electron chi connectivity index (χ4n) is 14.7. The average molecular weight is 888 g/mol. The van der Waals surface area contributed by atoms with Crippen molar-refractivity contribution in [2.75, 3.05) is 14.7 Å². The molecule has 4 nitrogen and oxygen atoms in total. The van der Waals surface area contributed by atoms with Crippen LogP contribution in [0.1, 0.15) is 194 Å². The number of furan rings is 1. The van der Waals surface area contributed by atoms with Gasteiger partial charge in [-0.3, -0.25) is 0 Å². The fraction of sp³-hybridized carbons (Fsp3) is 0.484. The second kappa shape index (κ2) is 13.9. The molecule has 0 amide bonds. The fourth-order valence-corrected chi connectivity index (χ4v) is 14.7. The lowest BCUT2D eigenvalue weighted by molar-refractivity contribution is 0.194. The summed E-state index contributed by atoms with van der Waals surface area (Å²) in [5.74, 6) is 0.880. The molecule has 6 aliphatic rings. The lowest BCUT2D eigenvalue weighted by Gasteiger charge is -2.53. The van der Waals surface area contributed by atoms with E-state index in [9.17, 15) is 0 Å². The van der Waals surface area contributed by atoms with Gasteiger partial charge in [0.2, 0.25) is 0 Å². The Kier molecular flexibility index (Phi) is 8.99. The molecule has 6 aromatic rings. The first-order chi connectivity index (χ1) is 31.6. The second-order valence-electron chi connectivity index (χ2n) is 25.6. The molecular formula is C62H74BN3O. The lowest BCUT2D eigenvalue weighted by atomic mass is 9.35. The van der Waals surface area contributed by atoms with Crippen LogP contribution >= 0.6 is 0 Å². The smallest absolute Gasteiger partial charge is 0.297 e. The maximum Gasteiger partial charge on any atom is 0.297 e. The summed E-state index contributed by atoms with van der Waals surface area (Å²) in [5.41, 5.74) is 22.6. The summed E-state index contributed by atoms with van der Waals surface area (Å²) in [6.45, 7) is 33.9. The molecule has 2 fully saturated rings. The number of anilines is 7. The Labute approximate surface area is 402 Å². The summed E-state index contributed by atoms with van der Waals surface area (Å²) in [6, 6.07) is 34.7. The van der Waals surface area contributed by atoms with E-state index < -0.39 is 0 Å². The van der Waals surface area contributed by atoms with Crippen LogP contribution in [0.5, 0.6) is 0 Å².